The van der Waals surface area contributed by atoms with E-state index in [0.29, 0.717) is 12.5 Å². The summed E-state index contributed by atoms with van der Waals surface area (Å²) in [7, 11) is 0. The summed E-state index contributed by atoms with van der Waals surface area (Å²) in [5.74, 6) is 0.975. The molecule has 0 saturated carbocycles. The summed E-state index contributed by atoms with van der Waals surface area (Å²) >= 11 is 0. The van der Waals surface area contributed by atoms with Gasteiger partial charge in [0, 0.05) is 12.5 Å². The maximum Gasteiger partial charge on any atom is 0.164 e. The van der Waals surface area contributed by atoms with Gasteiger partial charge >= 0.3 is 0 Å². The molecule has 0 aliphatic heterocycles. The number of hydrogen-bond acceptors (Lipinski definition) is 2. The Labute approximate surface area is 94.4 Å². The third kappa shape index (κ3) is 6.67. The quantitative estimate of drug-likeness (QED) is 0.618. The van der Waals surface area contributed by atoms with Crippen LogP contribution in [0.15, 0.2) is 0 Å². The van der Waals surface area contributed by atoms with Crippen LogP contribution in [0.25, 0.3) is 0 Å². The van der Waals surface area contributed by atoms with Gasteiger partial charge in [-0.25, -0.2) is 0 Å². The topological polar surface area (TPSA) is 26.3 Å². The first kappa shape index (κ1) is 14.6. The Morgan fingerprint density at radius 2 is 1.73 bits per heavy atom. The van der Waals surface area contributed by atoms with E-state index in [1.165, 1.54) is 0 Å². The van der Waals surface area contributed by atoms with Crippen LogP contribution in [0.3, 0.4) is 0 Å². The summed E-state index contributed by atoms with van der Waals surface area (Å²) in [4.78, 5) is 11.8. The van der Waals surface area contributed by atoms with Crippen LogP contribution in [0.5, 0.6) is 0 Å². The van der Waals surface area contributed by atoms with Gasteiger partial charge in [-0.15, -0.1) is 0 Å². The zero-order valence-corrected chi connectivity index (χ0v) is 10.9. The summed E-state index contributed by atoms with van der Waals surface area (Å²) in [6.07, 6.45) is 2.72. The molecule has 0 unspecified atom stereocenters. The lowest BCUT2D eigenvalue weighted by Crippen LogP contribution is -2.28. The van der Waals surface area contributed by atoms with Crippen LogP contribution in [0.1, 0.15) is 53.9 Å². The fraction of sp³-hybridized carbons (Fsp3) is 0.923. The first-order valence-corrected chi connectivity index (χ1v) is 6.14. The zero-order valence-electron chi connectivity index (χ0n) is 10.9. The summed E-state index contributed by atoms with van der Waals surface area (Å²) in [5, 5.41) is 0. The number of rotatable bonds is 8. The monoisotopic (exact) mass is 214 g/mol. The van der Waals surface area contributed by atoms with Crippen LogP contribution in [0.2, 0.25) is 0 Å². The van der Waals surface area contributed by atoms with E-state index in [-0.39, 0.29) is 17.8 Å². The molecule has 90 valence electrons. The lowest BCUT2D eigenvalue weighted by molar-refractivity contribution is -0.134. The van der Waals surface area contributed by atoms with E-state index in [9.17, 15) is 4.79 Å². The van der Waals surface area contributed by atoms with Gasteiger partial charge in [-0.2, -0.15) is 0 Å². The molecule has 15 heavy (non-hydrogen) atoms. The van der Waals surface area contributed by atoms with Gasteiger partial charge in [0.25, 0.3) is 0 Å². The highest BCUT2D eigenvalue weighted by Gasteiger charge is 2.20. The van der Waals surface area contributed by atoms with Gasteiger partial charge in [-0.1, -0.05) is 41.0 Å². The van der Waals surface area contributed by atoms with Gasteiger partial charge in [0.15, 0.2) is 5.78 Å². The minimum atomic E-state index is -0.172. The number of ether oxygens (including phenoxy) is 1. The minimum absolute atomic E-state index is 0.0839. The third-order valence-corrected chi connectivity index (χ3v) is 2.45. The van der Waals surface area contributed by atoms with Crippen molar-refractivity contribution in [3.63, 3.8) is 0 Å². The molecule has 0 rings (SSSR count). The maximum atomic E-state index is 11.8. The highest BCUT2D eigenvalue weighted by atomic mass is 16.5. The molecule has 2 heteroatoms. The van der Waals surface area contributed by atoms with Crippen molar-refractivity contribution in [2.24, 2.45) is 11.8 Å². The Balaban J connectivity index is 3.98. The van der Waals surface area contributed by atoms with E-state index in [1.54, 1.807) is 0 Å². The van der Waals surface area contributed by atoms with Crippen molar-refractivity contribution in [3.8, 4) is 0 Å². The number of carbonyl (C=O) groups is 1. The van der Waals surface area contributed by atoms with Gasteiger partial charge in [-0.3, -0.25) is 4.79 Å². The molecule has 0 fully saturated rings. The van der Waals surface area contributed by atoms with Crippen LogP contribution in [0, 0.1) is 11.8 Å². The van der Waals surface area contributed by atoms with Gasteiger partial charge in [0.05, 0.1) is 0 Å². The fourth-order valence-electron chi connectivity index (χ4n) is 1.39. The molecule has 0 aromatic rings. The van der Waals surface area contributed by atoms with Crippen molar-refractivity contribution in [3.05, 3.63) is 0 Å². The second-order valence-corrected chi connectivity index (χ2v) is 4.89. The molecule has 0 aromatic carbocycles. The lowest BCUT2D eigenvalue weighted by Gasteiger charge is -2.18. The standard InChI is InChI=1S/C13H26O2/c1-6-7-12(13(14)11(4)5)15-9-8-10(2)3/h10-12H,6-9H2,1-5H3/t12-/m1/s1. The second kappa shape index (κ2) is 7.86. The van der Waals surface area contributed by atoms with E-state index in [2.05, 4.69) is 20.8 Å². The Bertz CT molecular complexity index is 173. The number of hydrogen-bond donors (Lipinski definition) is 0. The molecule has 0 aromatic heterocycles. The Morgan fingerprint density at radius 1 is 1.13 bits per heavy atom. The molecule has 0 saturated heterocycles. The average molecular weight is 214 g/mol. The average Bonchev–Trinajstić information content (AvgIpc) is 2.14. The molecule has 0 heterocycles. The van der Waals surface area contributed by atoms with E-state index in [0.717, 1.165) is 19.3 Å². The number of carbonyl (C=O) groups excluding carboxylic acids is 1. The first-order chi connectivity index (χ1) is 6.99. The predicted molar refractivity (Wildman–Crippen MR) is 63.9 cm³/mol. The zero-order chi connectivity index (χ0) is 11.8. The van der Waals surface area contributed by atoms with Crippen molar-refractivity contribution < 1.29 is 9.53 Å². The SMILES string of the molecule is CCC[C@@H](OCCC(C)C)C(=O)C(C)C. The molecule has 0 N–H and O–H groups in total. The Morgan fingerprint density at radius 3 is 2.13 bits per heavy atom. The van der Waals surface area contributed by atoms with Crippen LogP contribution < -0.4 is 0 Å². The van der Waals surface area contributed by atoms with E-state index in [4.69, 9.17) is 4.74 Å². The Hall–Kier alpha value is -0.370. The van der Waals surface area contributed by atoms with Crippen molar-refractivity contribution in [1.29, 1.82) is 0 Å². The molecule has 0 amide bonds. The molecule has 2 nitrogen and oxygen atoms in total. The molecule has 1 atom stereocenters. The molecule has 0 bridgehead atoms. The third-order valence-electron chi connectivity index (χ3n) is 2.45. The van der Waals surface area contributed by atoms with Gasteiger partial charge in [0.2, 0.25) is 0 Å². The van der Waals surface area contributed by atoms with E-state index >= 15 is 0 Å². The molecular formula is C13H26O2. The van der Waals surface area contributed by atoms with E-state index < -0.39 is 0 Å². The number of ketones is 1. The molecular weight excluding hydrogens is 188 g/mol. The maximum absolute atomic E-state index is 11.8. The van der Waals surface area contributed by atoms with Crippen molar-refractivity contribution in [2.45, 2.75) is 60.0 Å². The second-order valence-electron chi connectivity index (χ2n) is 4.89. The lowest BCUT2D eigenvalue weighted by atomic mass is 10.0. The van der Waals surface area contributed by atoms with Crippen molar-refractivity contribution >= 4 is 5.78 Å². The predicted octanol–water partition coefficient (Wildman–Crippen LogP) is 3.44. The van der Waals surface area contributed by atoms with Crippen LogP contribution in [-0.2, 0) is 9.53 Å². The van der Waals surface area contributed by atoms with Gasteiger partial charge < -0.3 is 4.74 Å². The van der Waals surface area contributed by atoms with Gasteiger partial charge in [0.1, 0.15) is 6.10 Å². The first-order valence-electron chi connectivity index (χ1n) is 6.14. The molecule has 0 radical (unpaired) electrons. The fourth-order valence-corrected chi connectivity index (χ4v) is 1.39. The van der Waals surface area contributed by atoms with Gasteiger partial charge in [-0.05, 0) is 18.8 Å². The molecule has 0 aliphatic carbocycles. The summed E-state index contributed by atoms with van der Waals surface area (Å²) in [6, 6.07) is 0. The molecule has 0 aliphatic rings. The van der Waals surface area contributed by atoms with Crippen LogP contribution >= 0.6 is 0 Å². The van der Waals surface area contributed by atoms with Crippen molar-refractivity contribution in [1.82, 2.24) is 0 Å². The Kier molecular flexibility index (Phi) is 7.67. The molecule has 0 spiro atoms. The van der Waals surface area contributed by atoms with E-state index in [1.807, 2.05) is 13.8 Å². The highest BCUT2D eigenvalue weighted by Crippen LogP contribution is 2.11. The number of Topliss-reactive ketones (excluding diaryl/α,β-unsaturated/α-hetero) is 1. The normalized spacial score (nSPS) is 13.5. The minimum Gasteiger partial charge on any atom is -0.370 e. The summed E-state index contributed by atoms with van der Waals surface area (Å²) < 4.78 is 5.67. The van der Waals surface area contributed by atoms with Crippen LogP contribution in [-0.4, -0.2) is 18.5 Å². The largest absolute Gasteiger partial charge is 0.370 e. The van der Waals surface area contributed by atoms with Crippen molar-refractivity contribution in [2.75, 3.05) is 6.61 Å². The highest BCUT2D eigenvalue weighted by molar-refractivity contribution is 5.84. The summed E-state index contributed by atoms with van der Waals surface area (Å²) in [5.41, 5.74) is 0. The van der Waals surface area contributed by atoms with Crippen LogP contribution in [0.4, 0.5) is 0 Å². The summed E-state index contributed by atoms with van der Waals surface area (Å²) in [6.45, 7) is 11.0. The smallest absolute Gasteiger partial charge is 0.164 e.